The third-order valence-corrected chi connectivity index (χ3v) is 3.86. The Morgan fingerprint density at radius 2 is 2.25 bits per heavy atom. The van der Waals surface area contributed by atoms with Crippen LogP contribution in [-0.2, 0) is 14.4 Å². The molecule has 6 nitrogen and oxygen atoms in total. The smallest absolute Gasteiger partial charge is 0.337 e. The molecule has 1 rings (SSSR count). The van der Waals surface area contributed by atoms with Crippen molar-refractivity contribution in [1.82, 2.24) is 4.90 Å². The number of carboxylic acid groups (broad SMARTS) is 1. The molecular formula is C8H11BrN2O4S. The van der Waals surface area contributed by atoms with Gasteiger partial charge in [0.2, 0.25) is 5.91 Å². The summed E-state index contributed by atoms with van der Waals surface area (Å²) >= 11 is 3.76. The molecule has 1 aliphatic heterocycles. The summed E-state index contributed by atoms with van der Waals surface area (Å²) in [7, 11) is 0. The summed E-state index contributed by atoms with van der Waals surface area (Å²) in [6.45, 7) is 1.26. The molecule has 3 N–H and O–H groups in total. The Morgan fingerprint density at radius 1 is 1.69 bits per heavy atom. The molecule has 90 valence electrons. The van der Waals surface area contributed by atoms with Gasteiger partial charge in [-0.25, -0.2) is 4.79 Å². The van der Waals surface area contributed by atoms with Gasteiger partial charge in [0.05, 0.1) is 6.04 Å². The zero-order chi connectivity index (χ0) is 12.5. The van der Waals surface area contributed by atoms with Crippen LogP contribution in [0.2, 0.25) is 0 Å². The molecule has 1 heterocycles. The molecule has 0 spiro atoms. The van der Waals surface area contributed by atoms with E-state index in [4.69, 9.17) is 10.8 Å². The van der Waals surface area contributed by atoms with Crippen molar-refractivity contribution in [3.63, 3.8) is 0 Å². The summed E-state index contributed by atoms with van der Waals surface area (Å²) in [5.41, 5.74) is 5.53. The van der Waals surface area contributed by atoms with Gasteiger partial charge in [-0.3, -0.25) is 9.59 Å². The van der Waals surface area contributed by atoms with E-state index >= 15 is 0 Å². The number of thioether (sulfide) groups is 1. The predicted octanol–water partition coefficient (Wildman–Crippen LogP) is -0.390. The van der Waals surface area contributed by atoms with E-state index in [1.807, 2.05) is 0 Å². The summed E-state index contributed by atoms with van der Waals surface area (Å²) in [5, 5.41) is 7.80. The fraction of sp³-hybridized carbons (Fsp3) is 0.625. The SMILES string of the molecule is CC(=O)SC(C(=O)O)N1C(=O)C(N)C1CBr. The first-order valence-corrected chi connectivity index (χ1v) is 6.44. The normalized spacial score (nSPS) is 26.2. The maximum Gasteiger partial charge on any atom is 0.337 e. The molecule has 8 heteroatoms. The summed E-state index contributed by atoms with van der Waals surface area (Å²) in [6, 6.07) is -1.06. The number of β-lactam (4-membered cyclic amide) rings is 1. The van der Waals surface area contributed by atoms with Gasteiger partial charge in [0, 0.05) is 12.3 Å². The summed E-state index contributed by atoms with van der Waals surface area (Å²) in [4.78, 5) is 34.4. The molecule has 16 heavy (non-hydrogen) atoms. The Morgan fingerprint density at radius 3 is 2.62 bits per heavy atom. The van der Waals surface area contributed by atoms with Gasteiger partial charge in [-0.15, -0.1) is 0 Å². The van der Waals surface area contributed by atoms with Crippen molar-refractivity contribution in [2.75, 3.05) is 5.33 Å². The third-order valence-electron chi connectivity index (χ3n) is 2.21. The average molecular weight is 311 g/mol. The van der Waals surface area contributed by atoms with Crippen LogP contribution in [0.4, 0.5) is 0 Å². The van der Waals surface area contributed by atoms with Crippen molar-refractivity contribution in [2.45, 2.75) is 24.4 Å². The van der Waals surface area contributed by atoms with Crippen LogP contribution in [0, 0.1) is 0 Å². The number of carboxylic acids is 1. The van der Waals surface area contributed by atoms with E-state index in [1.54, 1.807) is 0 Å². The number of halogens is 1. The third kappa shape index (κ3) is 2.38. The fourth-order valence-electron chi connectivity index (χ4n) is 1.43. The van der Waals surface area contributed by atoms with Crippen LogP contribution in [0.15, 0.2) is 0 Å². The van der Waals surface area contributed by atoms with E-state index in [-0.39, 0.29) is 11.2 Å². The van der Waals surface area contributed by atoms with Crippen molar-refractivity contribution in [2.24, 2.45) is 5.73 Å². The second-order valence-electron chi connectivity index (χ2n) is 3.29. The highest BCUT2D eigenvalue weighted by Crippen LogP contribution is 2.29. The number of hydrogen-bond donors (Lipinski definition) is 2. The van der Waals surface area contributed by atoms with Crippen molar-refractivity contribution < 1.29 is 19.5 Å². The molecule has 1 saturated heterocycles. The second-order valence-corrected chi connectivity index (χ2v) is 5.20. The lowest BCUT2D eigenvalue weighted by molar-refractivity contribution is -0.158. The molecule has 0 radical (unpaired) electrons. The summed E-state index contributed by atoms with van der Waals surface area (Å²) < 4.78 is 0. The van der Waals surface area contributed by atoms with E-state index in [1.165, 1.54) is 6.92 Å². The monoisotopic (exact) mass is 310 g/mol. The molecule has 0 aromatic heterocycles. The largest absolute Gasteiger partial charge is 0.479 e. The Bertz CT molecular complexity index is 338. The number of nitrogens with two attached hydrogens (primary N) is 1. The second kappa shape index (κ2) is 5.15. The van der Waals surface area contributed by atoms with Gasteiger partial charge in [-0.1, -0.05) is 27.7 Å². The molecule has 1 amide bonds. The van der Waals surface area contributed by atoms with Gasteiger partial charge in [0.1, 0.15) is 6.04 Å². The van der Waals surface area contributed by atoms with Crippen molar-refractivity contribution >= 4 is 44.7 Å². The van der Waals surface area contributed by atoms with Crippen molar-refractivity contribution in [3.05, 3.63) is 0 Å². The van der Waals surface area contributed by atoms with E-state index < -0.39 is 23.3 Å². The lowest BCUT2D eigenvalue weighted by atomic mass is 9.98. The first-order valence-electron chi connectivity index (χ1n) is 4.44. The molecule has 1 fully saturated rings. The number of rotatable bonds is 4. The maximum atomic E-state index is 11.5. The first-order chi connectivity index (χ1) is 7.40. The summed E-state index contributed by atoms with van der Waals surface area (Å²) in [5.74, 6) is -1.66. The number of nitrogens with zero attached hydrogens (tertiary/aromatic N) is 1. The Balaban J connectivity index is 2.83. The first kappa shape index (κ1) is 13.5. The number of likely N-dealkylation sites (tertiary alicyclic amines) is 1. The van der Waals surface area contributed by atoms with Crippen LogP contribution in [0.25, 0.3) is 0 Å². The minimum Gasteiger partial charge on any atom is -0.479 e. The van der Waals surface area contributed by atoms with Gasteiger partial charge in [0.25, 0.3) is 0 Å². The van der Waals surface area contributed by atoms with E-state index in [9.17, 15) is 14.4 Å². The predicted molar refractivity (Wildman–Crippen MR) is 62.1 cm³/mol. The number of amides is 1. The molecule has 3 atom stereocenters. The highest BCUT2D eigenvalue weighted by atomic mass is 79.9. The van der Waals surface area contributed by atoms with Gasteiger partial charge in [-0.05, 0) is 0 Å². The van der Waals surface area contributed by atoms with E-state index in [2.05, 4.69) is 15.9 Å². The van der Waals surface area contributed by atoms with Crippen molar-refractivity contribution in [1.29, 1.82) is 0 Å². The Kier molecular flexibility index (Phi) is 4.34. The lowest BCUT2D eigenvalue weighted by Crippen LogP contribution is -2.72. The molecule has 0 saturated carbocycles. The van der Waals surface area contributed by atoms with Crippen molar-refractivity contribution in [3.8, 4) is 0 Å². The summed E-state index contributed by atoms with van der Waals surface area (Å²) in [6.07, 6.45) is 0. The van der Waals surface area contributed by atoms with Crippen LogP contribution < -0.4 is 5.73 Å². The van der Waals surface area contributed by atoms with E-state index in [0.717, 1.165) is 4.90 Å². The van der Waals surface area contributed by atoms with Gasteiger partial charge >= 0.3 is 5.97 Å². The molecule has 0 bridgehead atoms. The Labute approximate surface area is 105 Å². The van der Waals surface area contributed by atoms with E-state index in [0.29, 0.717) is 17.1 Å². The number of carbonyl (C=O) groups is 3. The highest BCUT2D eigenvalue weighted by molar-refractivity contribution is 9.09. The van der Waals surface area contributed by atoms with Crippen LogP contribution in [-0.4, -0.2) is 49.8 Å². The zero-order valence-electron chi connectivity index (χ0n) is 8.42. The quantitative estimate of drug-likeness (QED) is 0.542. The minimum atomic E-state index is -1.22. The van der Waals surface area contributed by atoms with Gasteiger partial charge in [0.15, 0.2) is 10.5 Å². The number of alkyl halides is 1. The highest BCUT2D eigenvalue weighted by Gasteiger charge is 2.50. The van der Waals surface area contributed by atoms with Crippen LogP contribution in [0.1, 0.15) is 6.92 Å². The lowest BCUT2D eigenvalue weighted by Gasteiger charge is -2.46. The molecule has 0 aromatic rings. The van der Waals surface area contributed by atoms with Crippen LogP contribution in [0.3, 0.4) is 0 Å². The maximum absolute atomic E-state index is 11.5. The molecule has 0 aliphatic carbocycles. The Hall–Kier alpha value is -0.600. The van der Waals surface area contributed by atoms with Crippen LogP contribution >= 0.6 is 27.7 Å². The van der Waals surface area contributed by atoms with Crippen LogP contribution in [0.5, 0.6) is 0 Å². The zero-order valence-corrected chi connectivity index (χ0v) is 10.8. The number of aliphatic carboxylic acids is 1. The number of hydrogen-bond acceptors (Lipinski definition) is 5. The molecule has 3 unspecified atom stereocenters. The number of carbonyl (C=O) groups excluding carboxylic acids is 2. The average Bonchev–Trinajstić information content (AvgIpc) is 2.21. The minimum absolute atomic E-state index is 0.353. The topological polar surface area (TPSA) is 101 Å². The van der Waals surface area contributed by atoms with Gasteiger partial charge in [-0.2, -0.15) is 0 Å². The fourth-order valence-corrected chi connectivity index (χ4v) is 2.94. The molecule has 1 aliphatic rings. The standard InChI is InChI=1S/C8H11BrN2O4S/c1-3(12)16-7(8(14)15)11-4(2-9)5(10)6(11)13/h4-5,7H,2,10H2,1H3,(H,14,15). The molecular weight excluding hydrogens is 300 g/mol. The molecule has 0 aromatic carbocycles. The van der Waals surface area contributed by atoms with Gasteiger partial charge < -0.3 is 15.7 Å².